The van der Waals surface area contributed by atoms with Gasteiger partial charge in [0, 0.05) is 11.8 Å². The van der Waals surface area contributed by atoms with E-state index in [-0.39, 0.29) is 0 Å². The standard InChI is InChI=1S/C12H20BrN3S/c1-3-6-16-12(9(13)8-15-16)11(14-2)10-5-4-7-17-10/h8,10-11,14H,3-7H2,1-2H3. The van der Waals surface area contributed by atoms with Crippen LogP contribution in [0.1, 0.15) is 37.9 Å². The third kappa shape index (κ3) is 2.88. The van der Waals surface area contributed by atoms with Crippen molar-refractivity contribution in [3.05, 3.63) is 16.4 Å². The first-order chi connectivity index (χ1) is 8.27. The fraction of sp³-hybridized carbons (Fsp3) is 0.750. The van der Waals surface area contributed by atoms with E-state index >= 15 is 0 Å². The monoisotopic (exact) mass is 317 g/mol. The summed E-state index contributed by atoms with van der Waals surface area (Å²) in [6.07, 6.45) is 5.69. The normalized spacial score (nSPS) is 21.9. The average Bonchev–Trinajstić information content (AvgIpc) is 2.94. The smallest absolute Gasteiger partial charge is 0.0706 e. The number of nitrogens with one attached hydrogen (secondary N) is 1. The topological polar surface area (TPSA) is 29.9 Å². The van der Waals surface area contributed by atoms with E-state index in [0.29, 0.717) is 11.3 Å². The number of thioether (sulfide) groups is 1. The molecule has 3 nitrogen and oxygen atoms in total. The lowest BCUT2D eigenvalue weighted by Gasteiger charge is -2.24. The third-order valence-electron chi connectivity index (χ3n) is 3.21. The van der Waals surface area contributed by atoms with Crippen LogP contribution in [0.2, 0.25) is 0 Å². The van der Waals surface area contributed by atoms with Crippen molar-refractivity contribution < 1.29 is 0 Å². The van der Waals surface area contributed by atoms with Gasteiger partial charge in [-0.3, -0.25) is 4.68 Å². The number of hydrogen-bond donors (Lipinski definition) is 1. The van der Waals surface area contributed by atoms with Gasteiger partial charge in [-0.15, -0.1) is 0 Å². The van der Waals surface area contributed by atoms with Gasteiger partial charge in [-0.25, -0.2) is 0 Å². The summed E-state index contributed by atoms with van der Waals surface area (Å²) in [6.45, 7) is 3.19. The molecule has 0 bridgehead atoms. The predicted octanol–water partition coefficient (Wildman–Crippen LogP) is 3.21. The number of nitrogens with zero attached hydrogens (tertiary/aromatic N) is 2. The van der Waals surface area contributed by atoms with E-state index in [0.717, 1.165) is 17.4 Å². The van der Waals surface area contributed by atoms with Crippen LogP contribution in [-0.4, -0.2) is 27.8 Å². The van der Waals surface area contributed by atoms with Crippen molar-refractivity contribution in [3.8, 4) is 0 Å². The van der Waals surface area contributed by atoms with Crippen LogP contribution in [0, 0.1) is 0 Å². The summed E-state index contributed by atoms with van der Waals surface area (Å²) in [5, 5.41) is 8.62. The van der Waals surface area contributed by atoms with Gasteiger partial charge in [0.2, 0.25) is 0 Å². The fourth-order valence-corrected chi connectivity index (χ4v) is 4.40. The predicted molar refractivity (Wildman–Crippen MR) is 77.5 cm³/mol. The number of aryl methyl sites for hydroxylation is 1. The minimum absolute atomic E-state index is 0.408. The first-order valence-electron chi connectivity index (χ1n) is 6.28. The maximum Gasteiger partial charge on any atom is 0.0706 e. The van der Waals surface area contributed by atoms with Crippen molar-refractivity contribution in [3.63, 3.8) is 0 Å². The summed E-state index contributed by atoms with van der Waals surface area (Å²) in [7, 11) is 2.05. The zero-order chi connectivity index (χ0) is 12.3. The quantitative estimate of drug-likeness (QED) is 0.904. The fourth-order valence-electron chi connectivity index (χ4n) is 2.44. The van der Waals surface area contributed by atoms with Gasteiger partial charge in [0.05, 0.1) is 22.4 Å². The zero-order valence-corrected chi connectivity index (χ0v) is 12.9. The SMILES string of the molecule is CCCn1ncc(Br)c1C(NC)C1CCCS1. The molecule has 17 heavy (non-hydrogen) atoms. The lowest BCUT2D eigenvalue weighted by molar-refractivity contribution is 0.478. The second kappa shape index (κ2) is 6.25. The maximum absolute atomic E-state index is 4.47. The van der Waals surface area contributed by atoms with Gasteiger partial charge in [0.25, 0.3) is 0 Å². The number of aromatic nitrogens is 2. The van der Waals surface area contributed by atoms with Crippen LogP contribution in [0.25, 0.3) is 0 Å². The summed E-state index contributed by atoms with van der Waals surface area (Å²) in [5.74, 6) is 1.29. The van der Waals surface area contributed by atoms with E-state index in [1.165, 1.54) is 24.3 Å². The van der Waals surface area contributed by atoms with Gasteiger partial charge in [-0.2, -0.15) is 16.9 Å². The van der Waals surface area contributed by atoms with Crippen LogP contribution < -0.4 is 5.32 Å². The molecule has 1 N–H and O–H groups in total. The molecule has 1 aliphatic rings. The van der Waals surface area contributed by atoms with Crippen LogP contribution in [0.5, 0.6) is 0 Å². The first-order valence-corrected chi connectivity index (χ1v) is 8.12. The second-order valence-electron chi connectivity index (χ2n) is 4.42. The van der Waals surface area contributed by atoms with Gasteiger partial charge < -0.3 is 5.32 Å². The molecule has 0 amide bonds. The molecule has 1 aromatic heterocycles. The molecule has 0 radical (unpaired) electrons. The van der Waals surface area contributed by atoms with E-state index in [1.807, 2.05) is 6.20 Å². The Bertz CT molecular complexity index is 361. The van der Waals surface area contributed by atoms with Gasteiger partial charge in [0.1, 0.15) is 0 Å². The molecule has 1 aliphatic heterocycles. The largest absolute Gasteiger partial charge is 0.311 e. The van der Waals surface area contributed by atoms with Gasteiger partial charge in [0.15, 0.2) is 0 Å². The minimum Gasteiger partial charge on any atom is -0.311 e. The first kappa shape index (κ1) is 13.4. The van der Waals surface area contributed by atoms with Crippen molar-refractivity contribution in [2.24, 2.45) is 0 Å². The van der Waals surface area contributed by atoms with Crippen molar-refractivity contribution in [2.75, 3.05) is 12.8 Å². The Morgan fingerprint density at radius 3 is 3.12 bits per heavy atom. The number of rotatable bonds is 5. The van der Waals surface area contributed by atoms with Crippen LogP contribution in [0.4, 0.5) is 0 Å². The molecule has 5 heteroatoms. The van der Waals surface area contributed by atoms with Crippen LogP contribution in [-0.2, 0) is 6.54 Å². The molecule has 2 unspecified atom stereocenters. The van der Waals surface area contributed by atoms with Crippen molar-refractivity contribution in [2.45, 2.75) is 44.0 Å². The Labute approximate surface area is 116 Å². The number of hydrogen-bond acceptors (Lipinski definition) is 3. The van der Waals surface area contributed by atoms with Crippen molar-refractivity contribution in [1.82, 2.24) is 15.1 Å². The summed E-state index contributed by atoms with van der Waals surface area (Å²) in [6, 6.07) is 0.408. The Morgan fingerprint density at radius 1 is 1.71 bits per heavy atom. The zero-order valence-electron chi connectivity index (χ0n) is 10.4. The minimum atomic E-state index is 0.408. The van der Waals surface area contributed by atoms with Crippen molar-refractivity contribution in [1.29, 1.82) is 0 Å². The molecule has 0 aliphatic carbocycles. The molecule has 2 heterocycles. The molecule has 1 aromatic rings. The van der Waals surface area contributed by atoms with Crippen LogP contribution in [0.3, 0.4) is 0 Å². The summed E-state index contributed by atoms with van der Waals surface area (Å²) < 4.78 is 3.28. The summed E-state index contributed by atoms with van der Waals surface area (Å²) in [5.41, 5.74) is 1.31. The highest BCUT2D eigenvalue weighted by Crippen LogP contribution is 2.38. The lowest BCUT2D eigenvalue weighted by atomic mass is 10.1. The molecule has 1 fully saturated rings. The number of halogens is 1. The van der Waals surface area contributed by atoms with Gasteiger partial charge in [-0.1, -0.05) is 6.92 Å². The Morgan fingerprint density at radius 2 is 2.53 bits per heavy atom. The summed E-state index contributed by atoms with van der Waals surface area (Å²) in [4.78, 5) is 0. The highest BCUT2D eigenvalue weighted by Gasteiger charge is 2.29. The van der Waals surface area contributed by atoms with E-state index in [2.05, 4.69) is 56.8 Å². The second-order valence-corrected chi connectivity index (χ2v) is 6.62. The van der Waals surface area contributed by atoms with Gasteiger partial charge >= 0.3 is 0 Å². The molecule has 96 valence electrons. The Kier molecular flexibility index (Phi) is 4.94. The molecule has 1 saturated heterocycles. The highest BCUT2D eigenvalue weighted by atomic mass is 79.9. The molecule has 0 saturated carbocycles. The average molecular weight is 318 g/mol. The molecular formula is C12H20BrN3S. The van der Waals surface area contributed by atoms with E-state index in [4.69, 9.17) is 0 Å². The molecule has 0 aromatic carbocycles. The van der Waals surface area contributed by atoms with E-state index in [9.17, 15) is 0 Å². The summed E-state index contributed by atoms with van der Waals surface area (Å²) >= 11 is 5.73. The van der Waals surface area contributed by atoms with Gasteiger partial charge in [-0.05, 0) is 48.0 Å². The molecular weight excluding hydrogens is 298 g/mol. The maximum atomic E-state index is 4.47. The Hall–Kier alpha value is -0.0000000000000000555. The van der Waals surface area contributed by atoms with E-state index < -0.39 is 0 Å². The van der Waals surface area contributed by atoms with Crippen LogP contribution >= 0.6 is 27.7 Å². The van der Waals surface area contributed by atoms with Crippen molar-refractivity contribution >= 4 is 27.7 Å². The van der Waals surface area contributed by atoms with Crippen LogP contribution in [0.15, 0.2) is 10.7 Å². The molecule has 2 rings (SSSR count). The molecule has 0 spiro atoms. The third-order valence-corrected chi connectivity index (χ3v) is 5.28. The Balaban J connectivity index is 2.25. The van der Waals surface area contributed by atoms with E-state index in [1.54, 1.807) is 0 Å². The lowest BCUT2D eigenvalue weighted by Crippen LogP contribution is -2.28. The highest BCUT2D eigenvalue weighted by molar-refractivity contribution is 9.10. The molecule has 2 atom stereocenters.